The highest BCUT2D eigenvalue weighted by Crippen LogP contribution is 2.22. The quantitative estimate of drug-likeness (QED) is 0.280. The molecule has 154 valence electrons. The van der Waals surface area contributed by atoms with Crippen molar-refractivity contribution in [3.05, 3.63) is 88.0 Å². The molecular formula is C24H20N4O3. The lowest BCUT2D eigenvalue weighted by Gasteiger charge is -2.36. The summed E-state index contributed by atoms with van der Waals surface area (Å²) in [5, 5.41) is 22.5. The third kappa shape index (κ3) is 4.38. The molecule has 7 heteroatoms. The molecule has 0 atom stereocenters. The average Bonchev–Trinajstić information content (AvgIpc) is 2.82. The molecule has 0 unspecified atom stereocenters. The van der Waals surface area contributed by atoms with Gasteiger partial charge in [-0.25, -0.2) is 0 Å². The number of amides is 1. The van der Waals surface area contributed by atoms with Gasteiger partial charge in [0.1, 0.15) is 11.6 Å². The minimum absolute atomic E-state index is 0.0510. The third-order valence-electron chi connectivity index (χ3n) is 5.43. The van der Waals surface area contributed by atoms with E-state index in [9.17, 15) is 20.2 Å². The van der Waals surface area contributed by atoms with Crippen LogP contribution in [0, 0.1) is 21.4 Å². The summed E-state index contributed by atoms with van der Waals surface area (Å²) in [5.41, 5.74) is 1.85. The maximum atomic E-state index is 12.9. The summed E-state index contributed by atoms with van der Waals surface area (Å²) in [4.78, 5) is 27.0. The number of hydrogen-bond acceptors (Lipinski definition) is 5. The van der Waals surface area contributed by atoms with E-state index in [0.717, 1.165) is 22.0 Å². The molecule has 1 aliphatic rings. The summed E-state index contributed by atoms with van der Waals surface area (Å²) in [6, 6.07) is 22.2. The summed E-state index contributed by atoms with van der Waals surface area (Å²) in [7, 11) is 0. The lowest BCUT2D eigenvalue weighted by molar-refractivity contribution is -0.384. The Labute approximate surface area is 179 Å². The van der Waals surface area contributed by atoms with E-state index in [1.54, 1.807) is 23.1 Å². The smallest absolute Gasteiger partial charge is 0.269 e. The second-order valence-electron chi connectivity index (χ2n) is 7.33. The third-order valence-corrected chi connectivity index (χ3v) is 5.43. The van der Waals surface area contributed by atoms with Crippen LogP contribution < -0.4 is 4.90 Å². The van der Waals surface area contributed by atoms with Crippen molar-refractivity contribution in [3.63, 3.8) is 0 Å². The summed E-state index contributed by atoms with van der Waals surface area (Å²) >= 11 is 0. The van der Waals surface area contributed by atoms with Crippen LogP contribution in [0.4, 0.5) is 11.4 Å². The Hall–Kier alpha value is -4.18. The number of nitro groups is 1. The van der Waals surface area contributed by atoms with Gasteiger partial charge < -0.3 is 9.80 Å². The number of carbonyl (C=O) groups excluding carboxylic acids is 1. The molecule has 4 rings (SSSR count). The van der Waals surface area contributed by atoms with Crippen LogP contribution in [0.1, 0.15) is 5.56 Å². The summed E-state index contributed by atoms with van der Waals surface area (Å²) < 4.78 is 0. The molecule has 3 aromatic carbocycles. The second-order valence-corrected chi connectivity index (χ2v) is 7.33. The Morgan fingerprint density at radius 3 is 2.29 bits per heavy atom. The number of non-ortho nitro benzene ring substituents is 1. The Morgan fingerprint density at radius 2 is 1.65 bits per heavy atom. The highest BCUT2D eigenvalue weighted by molar-refractivity contribution is 6.02. The molecule has 7 nitrogen and oxygen atoms in total. The first-order valence-corrected chi connectivity index (χ1v) is 9.94. The molecule has 0 N–H and O–H groups in total. The number of rotatable bonds is 4. The molecule has 0 aliphatic carbocycles. The van der Waals surface area contributed by atoms with Crippen LogP contribution in [0.5, 0.6) is 0 Å². The Balaban J connectivity index is 1.44. The molecular weight excluding hydrogens is 392 g/mol. The molecule has 0 spiro atoms. The van der Waals surface area contributed by atoms with Gasteiger partial charge in [-0.2, -0.15) is 5.26 Å². The summed E-state index contributed by atoms with van der Waals surface area (Å²) in [6.45, 7) is 2.15. The minimum Gasteiger partial charge on any atom is -0.368 e. The van der Waals surface area contributed by atoms with Crippen molar-refractivity contribution in [1.82, 2.24) is 4.90 Å². The summed E-state index contributed by atoms with van der Waals surface area (Å²) in [6.07, 6.45) is 1.64. The predicted octanol–water partition coefficient (Wildman–Crippen LogP) is 4.00. The van der Waals surface area contributed by atoms with E-state index in [0.29, 0.717) is 26.2 Å². The molecule has 3 aromatic rings. The zero-order valence-electron chi connectivity index (χ0n) is 16.8. The van der Waals surface area contributed by atoms with E-state index in [1.165, 1.54) is 12.1 Å². The number of benzene rings is 3. The Kier molecular flexibility index (Phi) is 5.63. The molecule has 0 radical (unpaired) electrons. The lowest BCUT2D eigenvalue weighted by Crippen LogP contribution is -2.49. The maximum absolute atomic E-state index is 12.9. The number of hydrogen-bond donors (Lipinski definition) is 0. The molecule has 0 aromatic heterocycles. The van der Waals surface area contributed by atoms with Gasteiger partial charge in [-0.3, -0.25) is 14.9 Å². The van der Waals surface area contributed by atoms with Gasteiger partial charge in [-0.15, -0.1) is 0 Å². The number of nitriles is 1. The van der Waals surface area contributed by atoms with Crippen LogP contribution in [0.3, 0.4) is 0 Å². The van der Waals surface area contributed by atoms with Crippen molar-refractivity contribution in [2.75, 3.05) is 31.1 Å². The molecule has 31 heavy (non-hydrogen) atoms. The zero-order valence-corrected chi connectivity index (χ0v) is 16.8. The monoisotopic (exact) mass is 412 g/mol. The Bertz CT molecular complexity index is 1200. The van der Waals surface area contributed by atoms with Gasteiger partial charge in [0.25, 0.3) is 11.6 Å². The first kappa shape index (κ1) is 20.1. The molecule has 1 fully saturated rings. The lowest BCUT2D eigenvalue weighted by atomic mass is 10.0. The second kappa shape index (κ2) is 8.67. The van der Waals surface area contributed by atoms with Crippen LogP contribution in [-0.2, 0) is 4.79 Å². The van der Waals surface area contributed by atoms with E-state index in [-0.39, 0.29) is 17.2 Å². The van der Waals surface area contributed by atoms with Gasteiger partial charge in [-0.05, 0) is 40.6 Å². The van der Waals surface area contributed by atoms with Crippen molar-refractivity contribution in [1.29, 1.82) is 5.26 Å². The van der Waals surface area contributed by atoms with E-state index in [1.807, 2.05) is 48.5 Å². The number of nitro benzene ring substituents is 1. The van der Waals surface area contributed by atoms with Gasteiger partial charge in [-0.1, -0.05) is 36.4 Å². The van der Waals surface area contributed by atoms with Crippen LogP contribution in [0.2, 0.25) is 0 Å². The van der Waals surface area contributed by atoms with Crippen LogP contribution >= 0.6 is 0 Å². The van der Waals surface area contributed by atoms with Gasteiger partial charge in [0, 0.05) is 44.0 Å². The molecule has 1 saturated heterocycles. The standard InChI is InChI=1S/C24H20N4O3/c25-17-21(16-18-5-6-19-3-1-2-4-20(19)15-18)24(29)27-13-11-26(12-14-27)22-7-9-23(10-8-22)28(30)31/h1-10,15-16H,11-14H2/b21-16+. The fourth-order valence-electron chi connectivity index (χ4n) is 3.73. The van der Waals surface area contributed by atoms with Gasteiger partial charge in [0.2, 0.25) is 0 Å². The topological polar surface area (TPSA) is 90.5 Å². The highest BCUT2D eigenvalue weighted by Gasteiger charge is 2.24. The highest BCUT2D eigenvalue weighted by atomic mass is 16.6. The SMILES string of the molecule is N#C/C(=C\c1ccc2ccccc2c1)C(=O)N1CCN(c2ccc([N+](=O)[O-])cc2)CC1. The van der Waals surface area contributed by atoms with E-state index < -0.39 is 4.92 Å². The van der Waals surface area contributed by atoms with E-state index >= 15 is 0 Å². The van der Waals surface area contributed by atoms with Gasteiger partial charge in [0.15, 0.2) is 0 Å². The number of anilines is 1. The number of nitrogens with zero attached hydrogens (tertiary/aromatic N) is 4. The summed E-state index contributed by atoms with van der Waals surface area (Å²) in [5.74, 6) is -0.279. The number of carbonyl (C=O) groups is 1. The van der Waals surface area contributed by atoms with Crippen molar-refractivity contribution < 1.29 is 9.72 Å². The fourth-order valence-corrected chi connectivity index (χ4v) is 3.73. The first-order chi connectivity index (χ1) is 15.0. The van der Waals surface area contributed by atoms with Crippen LogP contribution in [0.25, 0.3) is 16.8 Å². The predicted molar refractivity (Wildman–Crippen MR) is 119 cm³/mol. The van der Waals surface area contributed by atoms with Gasteiger partial charge >= 0.3 is 0 Å². The molecule has 0 saturated carbocycles. The van der Waals surface area contributed by atoms with Crippen molar-refractivity contribution >= 4 is 34.1 Å². The molecule has 1 aliphatic heterocycles. The average molecular weight is 412 g/mol. The van der Waals surface area contributed by atoms with Crippen molar-refractivity contribution in [2.45, 2.75) is 0 Å². The van der Waals surface area contributed by atoms with Crippen molar-refractivity contribution in [2.24, 2.45) is 0 Å². The molecule has 1 heterocycles. The van der Waals surface area contributed by atoms with Gasteiger partial charge in [0.05, 0.1) is 4.92 Å². The van der Waals surface area contributed by atoms with E-state index in [4.69, 9.17) is 0 Å². The Morgan fingerprint density at radius 1 is 0.968 bits per heavy atom. The zero-order chi connectivity index (χ0) is 21.8. The number of fused-ring (bicyclic) bond motifs is 1. The normalized spacial score (nSPS) is 14.4. The van der Waals surface area contributed by atoms with Crippen LogP contribution in [0.15, 0.2) is 72.3 Å². The largest absolute Gasteiger partial charge is 0.368 e. The molecule has 1 amide bonds. The number of piperazine rings is 1. The fraction of sp³-hybridized carbons (Fsp3) is 0.167. The van der Waals surface area contributed by atoms with Crippen molar-refractivity contribution in [3.8, 4) is 6.07 Å². The van der Waals surface area contributed by atoms with Crippen LogP contribution in [-0.4, -0.2) is 41.9 Å². The van der Waals surface area contributed by atoms with E-state index in [2.05, 4.69) is 4.90 Å². The maximum Gasteiger partial charge on any atom is 0.269 e. The molecule has 0 bridgehead atoms. The minimum atomic E-state index is -0.425. The first-order valence-electron chi connectivity index (χ1n) is 9.94.